The summed E-state index contributed by atoms with van der Waals surface area (Å²) in [4.78, 5) is 12.3. The maximum atomic E-state index is 12.3. The van der Waals surface area contributed by atoms with E-state index in [1.807, 2.05) is 44.2 Å². The standard InChI is InChI=1S/C15H21NO2/c1-3-15(10-7-11-16-15)14(17)18-12(2)13-8-5-4-6-9-13/h4-6,8-9,12,16H,3,7,10-11H2,1-2H3. The number of hydrogen-bond acceptors (Lipinski definition) is 3. The van der Waals surface area contributed by atoms with Crippen LogP contribution < -0.4 is 5.32 Å². The molecule has 1 fully saturated rings. The predicted molar refractivity (Wildman–Crippen MR) is 71.2 cm³/mol. The fourth-order valence-electron chi connectivity index (χ4n) is 2.49. The van der Waals surface area contributed by atoms with Crippen molar-refractivity contribution in [1.82, 2.24) is 5.32 Å². The van der Waals surface area contributed by atoms with Gasteiger partial charge in [-0.05, 0) is 38.3 Å². The van der Waals surface area contributed by atoms with Crippen LogP contribution in [0.4, 0.5) is 0 Å². The molecule has 0 radical (unpaired) electrons. The van der Waals surface area contributed by atoms with Gasteiger partial charge in [0.05, 0.1) is 0 Å². The highest BCUT2D eigenvalue weighted by molar-refractivity contribution is 5.81. The first kappa shape index (κ1) is 13.1. The Morgan fingerprint density at radius 2 is 2.17 bits per heavy atom. The number of nitrogens with one attached hydrogen (secondary N) is 1. The minimum atomic E-state index is -0.455. The van der Waals surface area contributed by atoms with Crippen LogP contribution in [0.25, 0.3) is 0 Å². The summed E-state index contributed by atoms with van der Waals surface area (Å²) in [7, 11) is 0. The number of ether oxygens (including phenoxy) is 1. The van der Waals surface area contributed by atoms with E-state index in [1.165, 1.54) is 0 Å². The molecule has 1 aliphatic heterocycles. The second-order valence-electron chi connectivity index (χ2n) is 4.92. The molecule has 3 heteroatoms. The van der Waals surface area contributed by atoms with Crippen molar-refractivity contribution < 1.29 is 9.53 Å². The van der Waals surface area contributed by atoms with Gasteiger partial charge in [-0.15, -0.1) is 0 Å². The molecule has 1 aliphatic rings. The van der Waals surface area contributed by atoms with Crippen LogP contribution in [-0.2, 0) is 9.53 Å². The quantitative estimate of drug-likeness (QED) is 0.831. The lowest BCUT2D eigenvalue weighted by molar-refractivity contribution is -0.156. The highest BCUT2D eigenvalue weighted by atomic mass is 16.5. The summed E-state index contributed by atoms with van der Waals surface area (Å²) in [5.41, 5.74) is 0.582. The Morgan fingerprint density at radius 1 is 1.44 bits per heavy atom. The zero-order valence-electron chi connectivity index (χ0n) is 11.1. The summed E-state index contributed by atoms with van der Waals surface area (Å²) in [5.74, 6) is -0.112. The molecule has 1 aromatic carbocycles. The van der Waals surface area contributed by atoms with Gasteiger partial charge in [0.15, 0.2) is 0 Å². The Balaban J connectivity index is 2.03. The molecule has 1 N–H and O–H groups in total. The van der Waals surface area contributed by atoms with Crippen molar-refractivity contribution in [3.63, 3.8) is 0 Å². The Morgan fingerprint density at radius 3 is 2.72 bits per heavy atom. The van der Waals surface area contributed by atoms with Gasteiger partial charge in [0, 0.05) is 0 Å². The van der Waals surface area contributed by atoms with Crippen LogP contribution in [0, 0.1) is 0 Å². The molecule has 2 rings (SSSR count). The minimum absolute atomic E-state index is 0.112. The van der Waals surface area contributed by atoms with E-state index in [-0.39, 0.29) is 12.1 Å². The molecule has 1 saturated heterocycles. The van der Waals surface area contributed by atoms with E-state index in [9.17, 15) is 4.79 Å². The second kappa shape index (κ2) is 5.53. The molecule has 0 amide bonds. The van der Waals surface area contributed by atoms with Gasteiger partial charge in [-0.1, -0.05) is 37.3 Å². The second-order valence-corrected chi connectivity index (χ2v) is 4.92. The largest absolute Gasteiger partial charge is 0.456 e. The number of benzene rings is 1. The van der Waals surface area contributed by atoms with Crippen molar-refractivity contribution in [3.05, 3.63) is 35.9 Å². The molecule has 0 aliphatic carbocycles. The summed E-state index contributed by atoms with van der Waals surface area (Å²) < 4.78 is 5.61. The van der Waals surface area contributed by atoms with Crippen molar-refractivity contribution in [3.8, 4) is 0 Å². The maximum Gasteiger partial charge on any atom is 0.326 e. The van der Waals surface area contributed by atoms with Crippen LogP contribution >= 0.6 is 0 Å². The average Bonchev–Trinajstić information content (AvgIpc) is 2.89. The fourth-order valence-corrected chi connectivity index (χ4v) is 2.49. The first-order valence-electron chi connectivity index (χ1n) is 6.69. The number of hydrogen-bond donors (Lipinski definition) is 1. The van der Waals surface area contributed by atoms with Gasteiger partial charge in [0.1, 0.15) is 11.6 Å². The minimum Gasteiger partial charge on any atom is -0.456 e. The van der Waals surface area contributed by atoms with Crippen molar-refractivity contribution >= 4 is 5.97 Å². The third-order valence-corrected chi connectivity index (χ3v) is 3.79. The van der Waals surface area contributed by atoms with Crippen molar-refractivity contribution in [2.45, 2.75) is 44.8 Å². The van der Waals surface area contributed by atoms with Gasteiger partial charge in [-0.3, -0.25) is 4.79 Å². The van der Waals surface area contributed by atoms with Gasteiger partial charge in [-0.2, -0.15) is 0 Å². The third kappa shape index (κ3) is 2.56. The summed E-state index contributed by atoms with van der Waals surface area (Å²) in [6, 6.07) is 9.85. The summed E-state index contributed by atoms with van der Waals surface area (Å²) in [5, 5.41) is 3.30. The van der Waals surface area contributed by atoms with Crippen molar-refractivity contribution in [2.75, 3.05) is 6.54 Å². The van der Waals surface area contributed by atoms with Crippen LogP contribution in [0.2, 0.25) is 0 Å². The molecule has 2 atom stereocenters. The van der Waals surface area contributed by atoms with Gasteiger partial charge >= 0.3 is 5.97 Å². The summed E-state index contributed by atoms with van der Waals surface area (Å²) in [6.45, 7) is 4.86. The van der Waals surface area contributed by atoms with Gasteiger partial charge in [-0.25, -0.2) is 0 Å². The molecule has 0 spiro atoms. The van der Waals surface area contributed by atoms with Crippen LogP contribution in [-0.4, -0.2) is 18.1 Å². The van der Waals surface area contributed by atoms with Crippen molar-refractivity contribution in [1.29, 1.82) is 0 Å². The van der Waals surface area contributed by atoms with Crippen molar-refractivity contribution in [2.24, 2.45) is 0 Å². The third-order valence-electron chi connectivity index (χ3n) is 3.79. The molecule has 1 heterocycles. The fraction of sp³-hybridized carbons (Fsp3) is 0.533. The van der Waals surface area contributed by atoms with E-state index in [0.29, 0.717) is 0 Å². The van der Waals surface area contributed by atoms with Gasteiger partial charge in [0.25, 0.3) is 0 Å². The lowest BCUT2D eigenvalue weighted by Gasteiger charge is -2.27. The monoisotopic (exact) mass is 247 g/mol. The van der Waals surface area contributed by atoms with Gasteiger partial charge in [0.2, 0.25) is 0 Å². The summed E-state index contributed by atoms with van der Waals surface area (Å²) >= 11 is 0. The molecule has 18 heavy (non-hydrogen) atoms. The molecule has 3 nitrogen and oxygen atoms in total. The van der Waals surface area contributed by atoms with E-state index >= 15 is 0 Å². The summed E-state index contributed by atoms with van der Waals surface area (Å²) in [6.07, 6.45) is 2.52. The average molecular weight is 247 g/mol. The number of rotatable bonds is 4. The van der Waals surface area contributed by atoms with E-state index in [2.05, 4.69) is 5.32 Å². The molecular formula is C15H21NO2. The highest BCUT2D eigenvalue weighted by Crippen LogP contribution is 2.27. The van der Waals surface area contributed by atoms with E-state index < -0.39 is 5.54 Å². The zero-order chi connectivity index (χ0) is 13.0. The Labute approximate surface area is 109 Å². The number of carbonyl (C=O) groups is 1. The topological polar surface area (TPSA) is 38.3 Å². The molecule has 2 unspecified atom stereocenters. The Kier molecular flexibility index (Phi) is 4.02. The molecule has 0 bridgehead atoms. The Bertz CT molecular complexity index is 396. The zero-order valence-corrected chi connectivity index (χ0v) is 11.1. The Hall–Kier alpha value is -1.35. The highest BCUT2D eigenvalue weighted by Gasteiger charge is 2.41. The SMILES string of the molecule is CCC1(C(=O)OC(C)c2ccccc2)CCCN1. The van der Waals surface area contributed by atoms with E-state index in [4.69, 9.17) is 4.74 Å². The molecule has 98 valence electrons. The predicted octanol–water partition coefficient (Wildman–Crippen LogP) is 2.82. The lowest BCUT2D eigenvalue weighted by atomic mass is 9.94. The molecule has 0 aromatic heterocycles. The normalized spacial score (nSPS) is 24.8. The van der Waals surface area contributed by atoms with Crippen LogP contribution in [0.5, 0.6) is 0 Å². The lowest BCUT2D eigenvalue weighted by Crippen LogP contribution is -2.48. The number of carbonyl (C=O) groups excluding carboxylic acids is 1. The van der Waals surface area contributed by atoms with E-state index in [1.54, 1.807) is 0 Å². The van der Waals surface area contributed by atoms with E-state index in [0.717, 1.165) is 31.4 Å². The first-order chi connectivity index (χ1) is 8.68. The van der Waals surface area contributed by atoms with Crippen LogP contribution in [0.15, 0.2) is 30.3 Å². The van der Waals surface area contributed by atoms with Crippen LogP contribution in [0.3, 0.4) is 0 Å². The molecule has 1 aromatic rings. The number of esters is 1. The molecule has 0 saturated carbocycles. The smallest absolute Gasteiger partial charge is 0.326 e. The first-order valence-corrected chi connectivity index (χ1v) is 6.69. The maximum absolute atomic E-state index is 12.3. The van der Waals surface area contributed by atoms with Crippen LogP contribution in [0.1, 0.15) is 44.8 Å². The van der Waals surface area contributed by atoms with Gasteiger partial charge < -0.3 is 10.1 Å². The molecular weight excluding hydrogens is 226 g/mol.